The van der Waals surface area contributed by atoms with Crippen molar-refractivity contribution in [3.05, 3.63) is 70.3 Å². The SMILES string of the molecule is CC.CN(Cc1cc(C(=O)NCc2ccc(CCCCCC(=O)NO)cc2)ccc1C=O)C1CCC(=O)NC1=O. The lowest BCUT2D eigenvalue weighted by molar-refractivity contribution is -0.137. The fourth-order valence-corrected chi connectivity index (χ4v) is 4.44. The Morgan fingerprint density at radius 1 is 1.05 bits per heavy atom. The highest BCUT2D eigenvalue weighted by Gasteiger charge is 2.30. The molecule has 1 atom stereocenters. The van der Waals surface area contributed by atoms with Gasteiger partial charge in [0, 0.05) is 37.1 Å². The van der Waals surface area contributed by atoms with E-state index >= 15 is 0 Å². The number of benzene rings is 2. The molecule has 2 aromatic carbocycles. The fraction of sp³-hybridized carbons (Fsp3) is 0.433. The molecule has 0 aromatic heterocycles. The van der Waals surface area contributed by atoms with Gasteiger partial charge in [0.2, 0.25) is 17.7 Å². The molecule has 0 saturated carbocycles. The molecule has 4 amide bonds. The number of carbonyl (C=O) groups is 5. The fourth-order valence-electron chi connectivity index (χ4n) is 4.44. The first-order valence-electron chi connectivity index (χ1n) is 13.7. The predicted molar refractivity (Wildman–Crippen MR) is 151 cm³/mol. The zero-order chi connectivity index (χ0) is 29.5. The van der Waals surface area contributed by atoms with Crippen molar-refractivity contribution in [2.75, 3.05) is 7.05 Å². The van der Waals surface area contributed by atoms with Crippen LogP contribution < -0.4 is 16.1 Å². The Morgan fingerprint density at radius 2 is 1.75 bits per heavy atom. The summed E-state index contributed by atoms with van der Waals surface area (Å²) in [5.41, 5.74) is 5.22. The van der Waals surface area contributed by atoms with Crippen LogP contribution in [0.1, 0.15) is 89.8 Å². The number of piperidine rings is 1. The van der Waals surface area contributed by atoms with Crippen LogP contribution in [0.2, 0.25) is 0 Å². The number of amides is 4. The van der Waals surface area contributed by atoms with Crippen molar-refractivity contribution in [3.63, 3.8) is 0 Å². The zero-order valence-corrected chi connectivity index (χ0v) is 23.5. The number of carbonyl (C=O) groups excluding carboxylic acids is 5. The maximum atomic E-state index is 12.8. The average Bonchev–Trinajstić information content (AvgIpc) is 2.97. The summed E-state index contributed by atoms with van der Waals surface area (Å²) in [5.74, 6) is -1.29. The highest BCUT2D eigenvalue weighted by atomic mass is 16.5. The van der Waals surface area contributed by atoms with E-state index in [4.69, 9.17) is 5.21 Å². The molecule has 1 saturated heterocycles. The molecule has 1 aliphatic heterocycles. The summed E-state index contributed by atoms with van der Waals surface area (Å²) >= 11 is 0. The van der Waals surface area contributed by atoms with Crippen LogP contribution in [-0.2, 0) is 33.9 Å². The van der Waals surface area contributed by atoms with Crippen LogP contribution in [0, 0.1) is 0 Å². The van der Waals surface area contributed by atoms with Crippen molar-refractivity contribution >= 4 is 29.9 Å². The molecule has 0 radical (unpaired) electrons. The summed E-state index contributed by atoms with van der Waals surface area (Å²) in [4.78, 5) is 60.8. The third kappa shape index (κ3) is 10.0. The van der Waals surface area contributed by atoms with Gasteiger partial charge in [-0.3, -0.25) is 39.4 Å². The number of hydrogen-bond donors (Lipinski definition) is 4. The molecule has 0 spiro atoms. The summed E-state index contributed by atoms with van der Waals surface area (Å²) < 4.78 is 0. The summed E-state index contributed by atoms with van der Waals surface area (Å²) in [5, 5.41) is 13.7. The number of aldehydes is 1. The second-order valence-electron chi connectivity index (χ2n) is 9.51. The van der Waals surface area contributed by atoms with Crippen LogP contribution >= 0.6 is 0 Å². The van der Waals surface area contributed by atoms with Crippen LogP contribution in [0.5, 0.6) is 0 Å². The number of likely N-dealkylation sites (N-methyl/N-ethyl adjacent to an activating group) is 1. The zero-order valence-electron chi connectivity index (χ0n) is 23.5. The van der Waals surface area contributed by atoms with Gasteiger partial charge in [-0.15, -0.1) is 0 Å². The van der Waals surface area contributed by atoms with Gasteiger partial charge in [0.1, 0.15) is 6.29 Å². The van der Waals surface area contributed by atoms with E-state index < -0.39 is 6.04 Å². The van der Waals surface area contributed by atoms with Crippen molar-refractivity contribution < 1.29 is 29.2 Å². The first kappa shape index (κ1) is 32.3. The van der Waals surface area contributed by atoms with Gasteiger partial charge < -0.3 is 5.32 Å². The Labute approximate surface area is 235 Å². The molecule has 3 rings (SSSR count). The second kappa shape index (κ2) is 16.9. The summed E-state index contributed by atoms with van der Waals surface area (Å²) in [6.45, 7) is 4.62. The minimum atomic E-state index is -0.486. The molecule has 216 valence electrons. The Balaban J connectivity index is 0.00000274. The molecule has 1 heterocycles. The lowest BCUT2D eigenvalue weighted by Gasteiger charge is -2.30. The van der Waals surface area contributed by atoms with E-state index in [0.29, 0.717) is 36.1 Å². The van der Waals surface area contributed by atoms with Crippen molar-refractivity contribution in [2.45, 2.75) is 77.9 Å². The van der Waals surface area contributed by atoms with Crippen LogP contribution in [0.15, 0.2) is 42.5 Å². The lowest BCUT2D eigenvalue weighted by Crippen LogP contribution is -2.51. The highest BCUT2D eigenvalue weighted by molar-refractivity contribution is 6.00. The first-order valence-corrected chi connectivity index (χ1v) is 13.7. The number of hydroxylamine groups is 1. The van der Waals surface area contributed by atoms with Gasteiger partial charge in [-0.25, -0.2) is 5.48 Å². The van der Waals surface area contributed by atoms with Gasteiger partial charge in [0.05, 0.1) is 6.04 Å². The third-order valence-corrected chi connectivity index (χ3v) is 6.66. The average molecular weight is 553 g/mol. The van der Waals surface area contributed by atoms with Crippen molar-refractivity contribution in [1.82, 2.24) is 21.0 Å². The van der Waals surface area contributed by atoms with E-state index in [1.54, 1.807) is 35.6 Å². The molecule has 40 heavy (non-hydrogen) atoms. The third-order valence-electron chi connectivity index (χ3n) is 6.66. The van der Waals surface area contributed by atoms with Gasteiger partial charge in [0.25, 0.3) is 5.91 Å². The van der Waals surface area contributed by atoms with Crippen molar-refractivity contribution in [3.8, 4) is 0 Å². The molecule has 1 fully saturated rings. The summed E-state index contributed by atoms with van der Waals surface area (Å²) in [7, 11) is 1.75. The van der Waals surface area contributed by atoms with Gasteiger partial charge >= 0.3 is 0 Å². The Hall–Kier alpha value is -3.89. The second-order valence-corrected chi connectivity index (χ2v) is 9.51. The topological polar surface area (TPSA) is 145 Å². The molecule has 4 N–H and O–H groups in total. The molecule has 1 unspecified atom stereocenters. The van der Waals surface area contributed by atoms with Gasteiger partial charge in [0.15, 0.2) is 0 Å². The Morgan fingerprint density at radius 3 is 2.40 bits per heavy atom. The molecular formula is C30H40N4O6. The van der Waals surface area contributed by atoms with Crippen molar-refractivity contribution in [2.24, 2.45) is 0 Å². The van der Waals surface area contributed by atoms with E-state index in [1.165, 1.54) is 5.56 Å². The minimum absolute atomic E-state index is 0.260. The van der Waals surface area contributed by atoms with Crippen LogP contribution in [0.25, 0.3) is 0 Å². The largest absolute Gasteiger partial charge is 0.348 e. The number of imide groups is 1. The van der Waals surface area contributed by atoms with E-state index in [2.05, 4.69) is 10.6 Å². The molecule has 2 aromatic rings. The Bertz CT molecular complexity index is 1170. The summed E-state index contributed by atoms with van der Waals surface area (Å²) in [6, 6.07) is 12.3. The van der Waals surface area contributed by atoms with E-state index in [9.17, 15) is 24.0 Å². The lowest BCUT2D eigenvalue weighted by atomic mass is 10.0. The number of hydrogen-bond acceptors (Lipinski definition) is 7. The molecule has 0 bridgehead atoms. The van der Waals surface area contributed by atoms with Gasteiger partial charge in [-0.05, 0) is 61.6 Å². The molecular weight excluding hydrogens is 512 g/mol. The first-order chi connectivity index (χ1) is 19.3. The quantitative estimate of drug-likeness (QED) is 0.0981. The molecule has 10 heteroatoms. The van der Waals surface area contributed by atoms with Crippen molar-refractivity contribution in [1.29, 1.82) is 0 Å². The van der Waals surface area contributed by atoms with E-state index in [-0.39, 0.29) is 36.6 Å². The van der Waals surface area contributed by atoms with Crippen LogP contribution in [0.3, 0.4) is 0 Å². The molecule has 0 aliphatic carbocycles. The Kier molecular flexibility index (Phi) is 13.7. The van der Waals surface area contributed by atoms with Gasteiger partial charge in [-0.2, -0.15) is 0 Å². The normalized spacial score (nSPS) is 14.6. The number of aryl methyl sites for hydroxylation is 1. The molecule has 10 nitrogen and oxygen atoms in total. The number of nitrogens with one attached hydrogen (secondary N) is 3. The van der Waals surface area contributed by atoms with Crippen LogP contribution in [0.4, 0.5) is 0 Å². The van der Waals surface area contributed by atoms with E-state index in [0.717, 1.165) is 37.5 Å². The smallest absolute Gasteiger partial charge is 0.251 e. The number of unbranched alkanes of at least 4 members (excludes halogenated alkanes) is 2. The summed E-state index contributed by atoms with van der Waals surface area (Å²) in [6.07, 6.45) is 5.13. The van der Waals surface area contributed by atoms with Crippen LogP contribution in [-0.4, -0.2) is 53.1 Å². The number of nitrogens with zero attached hydrogens (tertiary/aromatic N) is 1. The maximum Gasteiger partial charge on any atom is 0.251 e. The minimum Gasteiger partial charge on any atom is -0.348 e. The predicted octanol–water partition coefficient (Wildman–Crippen LogP) is 3.30. The molecule has 1 aliphatic rings. The maximum absolute atomic E-state index is 12.8. The standard InChI is InChI=1S/C28H34N4O6.C2H6/c1-32(24-13-14-25(34)30-28(24)37)17-23-15-21(11-12-22(23)18-33)27(36)29-16-20-9-7-19(8-10-20)5-3-2-4-6-26(35)31-38;1-2/h7-12,15,18,24,38H,2-6,13-14,16-17H2,1H3,(H,29,36)(H,31,35)(H,30,34,37);1-2H3. The highest BCUT2D eigenvalue weighted by Crippen LogP contribution is 2.18. The number of rotatable bonds is 13. The monoisotopic (exact) mass is 552 g/mol. The van der Waals surface area contributed by atoms with E-state index in [1.807, 2.05) is 38.1 Å². The van der Waals surface area contributed by atoms with Gasteiger partial charge in [-0.1, -0.05) is 50.6 Å².